The zero-order valence-electron chi connectivity index (χ0n) is 11.5. The lowest BCUT2D eigenvalue weighted by atomic mass is 10.2. The molecule has 0 saturated heterocycles. The van der Waals surface area contributed by atoms with Crippen LogP contribution in [0.4, 0.5) is 10.9 Å². The predicted molar refractivity (Wildman–Crippen MR) is 79.7 cm³/mol. The van der Waals surface area contributed by atoms with Gasteiger partial charge in [-0.3, -0.25) is 4.79 Å². The highest BCUT2D eigenvalue weighted by Gasteiger charge is 2.16. The summed E-state index contributed by atoms with van der Waals surface area (Å²) in [5, 5.41) is 6.58. The first kappa shape index (κ1) is 14.4. The van der Waals surface area contributed by atoms with Gasteiger partial charge in [0.15, 0.2) is 5.13 Å². The van der Waals surface area contributed by atoms with Gasteiger partial charge in [0, 0.05) is 6.54 Å². The number of anilines is 2. The molecule has 0 bridgehead atoms. The van der Waals surface area contributed by atoms with Gasteiger partial charge in [0.1, 0.15) is 16.5 Å². The highest BCUT2D eigenvalue weighted by molar-refractivity contribution is 7.18. The first-order chi connectivity index (χ1) is 9.56. The molecule has 0 fully saturated rings. The number of carbonyl (C=O) groups excluding carboxylic acids is 1. The molecule has 0 atom stereocenters. The second kappa shape index (κ2) is 6.42. The maximum absolute atomic E-state index is 12.0. The predicted octanol–water partition coefficient (Wildman–Crippen LogP) is 2.32. The van der Waals surface area contributed by atoms with Crippen LogP contribution in [0.25, 0.3) is 0 Å². The Kier molecular flexibility index (Phi) is 4.62. The molecule has 0 saturated carbocycles. The van der Waals surface area contributed by atoms with E-state index in [1.165, 1.54) is 11.3 Å². The van der Waals surface area contributed by atoms with E-state index in [1.54, 1.807) is 18.4 Å². The normalized spacial score (nSPS) is 10.8. The lowest BCUT2D eigenvalue weighted by molar-refractivity contribution is 0.0953. The van der Waals surface area contributed by atoms with Crippen LogP contribution in [0, 0.1) is 5.92 Å². The minimum atomic E-state index is -0.242. The van der Waals surface area contributed by atoms with Crippen molar-refractivity contribution in [1.82, 2.24) is 10.3 Å². The fraction of sp³-hybridized carbons (Fsp3) is 0.385. The van der Waals surface area contributed by atoms with E-state index in [0.29, 0.717) is 28.2 Å². The number of nitrogens with one attached hydrogen (secondary N) is 2. The van der Waals surface area contributed by atoms with Gasteiger partial charge in [-0.05, 0) is 18.1 Å². The molecule has 20 heavy (non-hydrogen) atoms. The Bertz CT molecular complexity index is 563. The summed E-state index contributed by atoms with van der Waals surface area (Å²) in [4.78, 5) is 16.6. The Morgan fingerprint density at radius 3 is 3.00 bits per heavy atom. The van der Waals surface area contributed by atoms with E-state index < -0.39 is 0 Å². The largest absolute Gasteiger partial charge is 0.467 e. The molecule has 0 aliphatic heterocycles. The summed E-state index contributed by atoms with van der Waals surface area (Å²) in [5.74, 6) is 1.20. The maximum Gasteiger partial charge on any atom is 0.265 e. The van der Waals surface area contributed by atoms with Crippen LogP contribution in [0.2, 0.25) is 0 Å². The number of nitrogens with zero attached hydrogens (tertiary/aromatic N) is 1. The highest BCUT2D eigenvalue weighted by Crippen LogP contribution is 2.25. The summed E-state index contributed by atoms with van der Waals surface area (Å²) in [6.45, 7) is 5.32. The quantitative estimate of drug-likeness (QED) is 0.760. The Morgan fingerprint density at radius 1 is 1.55 bits per heavy atom. The highest BCUT2D eigenvalue weighted by atomic mass is 32.1. The molecule has 0 spiro atoms. The van der Waals surface area contributed by atoms with E-state index in [-0.39, 0.29) is 11.7 Å². The van der Waals surface area contributed by atoms with Gasteiger partial charge >= 0.3 is 0 Å². The van der Waals surface area contributed by atoms with Crippen molar-refractivity contribution in [3.8, 4) is 0 Å². The van der Waals surface area contributed by atoms with Crippen LogP contribution >= 0.6 is 11.3 Å². The summed E-state index contributed by atoms with van der Waals surface area (Å²) < 4.78 is 5.15. The van der Waals surface area contributed by atoms with Gasteiger partial charge in [0.2, 0.25) is 0 Å². The van der Waals surface area contributed by atoms with Gasteiger partial charge in [-0.1, -0.05) is 25.2 Å². The number of carbonyl (C=O) groups is 1. The van der Waals surface area contributed by atoms with Crippen molar-refractivity contribution in [2.45, 2.75) is 20.4 Å². The minimum Gasteiger partial charge on any atom is -0.467 e. The number of rotatable bonds is 6. The molecule has 108 valence electrons. The van der Waals surface area contributed by atoms with E-state index in [2.05, 4.69) is 29.5 Å². The van der Waals surface area contributed by atoms with Crippen molar-refractivity contribution in [3.05, 3.63) is 29.0 Å². The number of amides is 1. The third-order valence-electron chi connectivity index (χ3n) is 2.52. The zero-order valence-corrected chi connectivity index (χ0v) is 12.3. The fourth-order valence-corrected chi connectivity index (χ4v) is 2.33. The summed E-state index contributed by atoms with van der Waals surface area (Å²) >= 11 is 1.26. The summed E-state index contributed by atoms with van der Waals surface area (Å²) in [5.41, 5.74) is 5.77. The summed E-state index contributed by atoms with van der Waals surface area (Å²) in [7, 11) is 0. The molecule has 1 amide bonds. The number of nitrogens with two attached hydrogens (primary N) is 1. The molecule has 0 unspecified atom stereocenters. The molecule has 2 rings (SSSR count). The van der Waals surface area contributed by atoms with Crippen LogP contribution in [0.5, 0.6) is 0 Å². The van der Waals surface area contributed by atoms with Gasteiger partial charge in [-0.25, -0.2) is 4.98 Å². The third kappa shape index (κ3) is 3.74. The molecular weight excluding hydrogens is 276 g/mol. The molecular formula is C13H18N4O2S. The van der Waals surface area contributed by atoms with Crippen molar-refractivity contribution in [2.75, 3.05) is 17.6 Å². The summed E-state index contributed by atoms with van der Waals surface area (Å²) in [6.07, 6.45) is 1.57. The third-order valence-corrected chi connectivity index (χ3v) is 3.55. The molecule has 0 aliphatic rings. The monoisotopic (exact) mass is 294 g/mol. The molecule has 2 aromatic heterocycles. The Morgan fingerprint density at radius 2 is 2.35 bits per heavy atom. The minimum absolute atomic E-state index is 0.242. The smallest absolute Gasteiger partial charge is 0.265 e. The van der Waals surface area contributed by atoms with Crippen LogP contribution in [-0.2, 0) is 6.54 Å². The van der Waals surface area contributed by atoms with Gasteiger partial charge in [-0.2, -0.15) is 0 Å². The Hall–Kier alpha value is -2.02. The summed E-state index contributed by atoms with van der Waals surface area (Å²) in [6, 6.07) is 3.57. The van der Waals surface area contributed by atoms with E-state index in [9.17, 15) is 4.79 Å². The zero-order chi connectivity index (χ0) is 14.5. The van der Waals surface area contributed by atoms with Crippen molar-refractivity contribution in [2.24, 2.45) is 5.92 Å². The lowest BCUT2D eigenvalue weighted by Crippen LogP contribution is -2.22. The van der Waals surface area contributed by atoms with Gasteiger partial charge in [0.05, 0.1) is 12.8 Å². The molecule has 6 nitrogen and oxygen atoms in total. The van der Waals surface area contributed by atoms with E-state index in [1.807, 2.05) is 0 Å². The van der Waals surface area contributed by atoms with Crippen LogP contribution in [-0.4, -0.2) is 17.4 Å². The fourth-order valence-electron chi connectivity index (χ4n) is 1.52. The average Bonchev–Trinajstić information content (AvgIpc) is 3.03. The SMILES string of the molecule is CC(C)CNc1nc(N)c(C(=O)NCc2ccco2)s1. The molecule has 0 radical (unpaired) electrons. The lowest BCUT2D eigenvalue weighted by Gasteiger charge is -2.04. The van der Waals surface area contributed by atoms with Crippen molar-refractivity contribution < 1.29 is 9.21 Å². The van der Waals surface area contributed by atoms with E-state index >= 15 is 0 Å². The number of thiazole rings is 1. The van der Waals surface area contributed by atoms with Crippen LogP contribution in [0.15, 0.2) is 22.8 Å². The standard InChI is InChI=1S/C13H18N4O2S/c1-8(2)6-16-13-17-11(14)10(20-13)12(18)15-7-9-4-3-5-19-9/h3-5,8H,6-7,14H2,1-2H3,(H,15,18)(H,16,17). The van der Waals surface area contributed by atoms with Gasteiger partial charge in [0.25, 0.3) is 5.91 Å². The van der Waals surface area contributed by atoms with Crippen molar-refractivity contribution in [1.29, 1.82) is 0 Å². The number of furan rings is 1. The Balaban J connectivity index is 1.95. The number of nitrogen functional groups attached to an aromatic ring is 1. The van der Waals surface area contributed by atoms with Crippen molar-refractivity contribution in [3.63, 3.8) is 0 Å². The van der Waals surface area contributed by atoms with Gasteiger partial charge in [-0.15, -0.1) is 0 Å². The van der Waals surface area contributed by atoms with E-state index in [0.717, 1.165) is 6.54 Å². The molecule has 7 heteroatoms. The molecule has 2 heterocycles. The second-order valence-corrected chi connectivity index (χ2v) is 5.77. The Labute approximate surface area is 121 Å². The maximum atomic E-state index is 12.0. The molecule has 0 aromatic carbocycles. The topological polar surface area (TPSA) is 93.2 Å². The number of hydrogen-bond acceptors (Lipinski definition) is 6. The second-order valence-electron chi connectivity index (χ2n) is 4.77. The molecule has 2 aromatic rings. The average molecular weight is 294 g/mol. The molecule has 0 aliphatic carbocycles. The first-order valence-corrected chi connectivity index (χ1v) is 7.18. The number of hydrogen-bond donors (Lipinski definition) is 3. The van der Waals surface area contributed by atoms with Gasteiger partial charge < -0.3 is 20.8 Å². The van der Waals surface area contributed by atoms with Crippen LogP contribution < -0.4 is 16.4 Å². The van der Waals surface area contributed by atoms with Crippen LogP contribution in [0.1, 0.15) is 29.3 Å². The van der Waals surface area contributed by atoms with Crippen LogP contribution in [0.3, 0.4) is 0 Å². The first-order valence-electron chi connectivity index (χ1n) is 6.37. The molecule has 4 N–H and O–H groups in total. The van der Waals surface area contributed by atoms with E-state index in [4.69, 9.17) is 10.2 Å². The van der Waals surface area contributed by atoms with Crippen molar-refractivity contribution >= 4 is 28.2 Å². The number of aromatic nitrogens is 1.